The Bertz CT molecular complexity index is 505. The zero-order valence-electron chi connectivity index (χ0n) is 10.1. The summed E-state index contributed by atoms with van der Waals surface area (Å²) in [5.41, 5.74) is 0.0463. The number of carbonyl (C=O) groups excluding carboxylic acids is 1. The average Bonchev–Trinajstić information content (AvgIpc) is 2.84. The molecule has 3 rings (SSSR count). The topological polar surface area (TPSA) is 42.0 Å². The van der Waals surface area contributed by atoms with Crippen LogP contribution in [0.2, 0.25) is 0 Å². The monoisotopic (exact) mass is 290 g/mol. The first-order valence-corrected chi connectivity index (χ1v) is 7.02. The molecule has 1 aromatic heterocycles. The number of aromatic nitrogens is 1. The molecule has 1 atom stereocenters. The fourth-order valence-electron chi connectivity index (χ4n) is 2.89. The van der Waals surface area contributed by atoms with Gasteiger partial charge in [0.25, 0.3) is 0 Å². The number of nitrogens with one attached hydrogen (secondary N) is 1. The molecule has 19 heavy (non-hydrogen) atoms. The smallest absolute Gasteiger partial charge is 0.317 e. The van der Waals surface area contributed by atoms with E-state index in [4.69, 9.17) is 0 Å². The number of halogens is 3. The Morgan fingerprint density at radius 2 is 2.11 bits per heavy atom. The first-order valence-electron chi connectivity index (χ1n) is 6.20. The van der Waals surface area contributed by atoms with Gasteiger partial charge in [0, 0.05) is 12.1 Å². The van der Waals surface area contributed by atoms with Crippen molar-refractivity contribution in [2.75, 3.05) is 13.1 Å². The summed E-state index contributed by atoms with van der Waals surface area (Å²) in [5.74, 6) is -0.258. The molecule has 0 radical (unpaired) electrons. The lowest BCUT2D eigenvalue weighted by atomic mass is 9.90. The number of nitrogens with zero attached hydrogens (tertiary/aromatic N) is 1. The molecule has 1 N–H and O–H groups in total. The molecule has 1 aromatic rings. The minimum Gasteiger partial charge on any atom is -0.317 e. The van der Waals surface area contributed by atoms with E-state index in [0.717, 1.165) is 38.5 Å². The summed E-state index contributed by atoms with van der Waals surface area (Å²) in [6, 6.07) is 0. The maximum absolute atomic E-state index is 12.5. The molecular formula is C12H13F3N2OS. The highest BCUT2D eigenvalue weighted by Crippen LogP contribution is 2.59. The third-order valence-electron chi connectivity index (χ3n) is 4.10. The van der Waals surface area contributed by atoms with Crippen molar-refractivity contribution in [3.63, 3.8) is 0 Å². The maximum Gasteiger partial charge on any atom is 0.443 e. The van der Waals surface area contributed by atoms with Crippen molar-refractivity contribution in [3.05, 3.63) is 16.1 Å². The molecule has 1 aliphatic heterocycles. The van der Waals surface area contributed by atoms with Gasteiger partial charge in [-0.3, -0.25) is 4.79 Å². The van der Waals surface area contributed by atoms with Crippen molar-refractivity contribution < 1.29 is 18.0 Å². The molecule has 2 aliphatic rings. The van der Waals surface area contributed by atoms with Crippen LogP contribution in [0.15, 0.2) is 6.20 Å². The summed E-state index contributed by atoms with van der Waals surface area (Å²) < 4.78 is 37.4. The molecule has 7 heteroatoms. The number of hydrogen-bond acceptors (Lipinski definition) is 4. The highest BCUT2D eigenvalue weighted by atomic mass is 32.1. The summed E-state index contributed by atoms with van der Waals surface area (Å²) in [7, 11) is 0. The summed E-state index contributed by atoms with van der Waals surface area (Å²) in [6.45, 7) is 1.78. The Morgan fingerprint density at radius 1 is 1.42 bits per heavy atom. The van der Waals surface area contributed by atoms with Crippen molar-refractivity contribution in [2.24, 2.45) is 11.3 Å². The van der Waals surface area contributed by atoms with Gasteiger partial charge in [0.1, 0.15) is 0 Å². The lowest BCUT2D eigenvalue weighted by Gasteiger charge is -2.22. The summed E-state index contributed by atoms with van der Waals surface area (Å²) in [5, 5.41) is 2.30. The molecule has 2 heterocycles. The number of ketones is 1. The third kappa shape index (κ3) is 2.29. The molecule has 0 aromatic carbocycles. The average molecular weight is 290 g/mol. The van der Waals surface area contributed by atoms with E-state index in [9.17, 15) is 18.0 Å². The minimum atomic E-state index is -4.46. The van der Waals surface area contributed by atoms with Crippen LogP contribution in [0.5, 0.6) is 0 Å². The number of Topliss-reactive ketones (excluding diaryl/α,β-unsaturated/α-hetero) is 1. The Morgan fingerprint density at radius 3 is 2.68 bits per heavy atom. The first kappa shape index (κ1) is 13.1. The van der Waals surface area contributed by atoms with E-state index < -0.39 is 11.2 Å². The normalized spacial score (nSPS) is 25.5. The molecule has 0 amide bonds. The highest BCUT2D eigenvalue weighted by Gasteiger charge is 2.57. The van der Waals surface area contributed by atoms with Gasteiger partial charge in [-0.25, -0.2) is 4.98 Å². The Kier molecular flexibility index (Phi) is 2.94. The second-order valence-electron chi connectivity index (χ2n) is 5.26. The fraction of sp³-hybridized carbons (Fsp3) is 0.667. The molecular weight excluding hydrogens is 277 g/mol. The van der Waals surface area contributed by atoms with Crippen LogP contribution in [-0.2, 0) is 6.18 Å². The lowest BCUT2D eigenvalue weighted by molar-refractivity contribution is -0.137. The van der Waals surface area contributed by atoms with E-state index in [1.807, 2.05) is 0 Å². The number of rotatable bonds is 2. The first-order chi connectivity index (χ1) is 8.92. The predicted molar refractivity (Wildman–Crippen MR) is 64.1 cm³/mol. The van der Waals surface area contributed by atoms with Gasteiger partial charge in [0.15, 0.2) is 10.8 Å². The molecule has 1 spiro atoms. The van der Waals surface area contributed by atoms with E-state index in [1.165, 1.54) is 0 Å². The molecule has 1 unspecified atom stereocenters. The van der Waals surface area contributed by atoms with E-state index in [1.54, 1.807) is 0 Å². The molecule has 1 saturated heterocycles. The number of piperidine rings is 1. The van der Waals surface area contributed by atoms with Crippen LogP contribution >= 0.6 is 11.3 Å². The number of hydrogen-bond donors (Lipinski definition) is 1. The van der Waals surface area contributed by atoms with Gasteiger partial charge in [-0.15, -0.1) is 11.3 Å². The largest absolute Gasteiger partial charge is 0.443 e. The van der Waals surface area contributed by atoms with Gasteiger partial charge in [-0.1, -0.05) is 0 Å². The second-order valence-corrected chi connectivity index (χ2v) is 6.29. The van der Waals surface area contributed by atoms with Crippen LogP contribution in [0, 0.1) is 11.3 Å². The van der Waals surface area contributed by atoms with Crippen molar-refractivity contribution >= 4 is 17.1 Å². The molecule has 1 aliphatic carbocycles. The van der Waals surface area contributed by atoms with Gasteiger partial charge in [-0.05, 0) is 37.8 Å². The minimum absolute atomic E-state index is 0.0463. The Balaban J connectivity index is 1.73. The number of carbonyl (C=O) groups is 1. The molecule has 3 nitrogen and oxygen atoms in total. The van der Waals surface area contributed by atoms with Crippen LogP contribution in [-0.4, -0.2) is 23.9 Å². The van der Waals surface area contributed by atoms with E-state index >= 15 is 0 Å². The fourth-order valence-corrected chi connectivity index (χ4v) is 3.66. The highest BCUT2D eigenvalue weighted by molar-refractivity contribution is 7.13. The second kappa shape index (κ2) is 4.28. The van der Waals surface area contributed by atoms with Gasteiger partial charge in [0.05, 0.1) is 4.88 Å². The van der Waals surface area contributed by atoms with Gasteiger partial charge in [0.2, 0.25) is 0 Å². The van der Waals surface area contributed by atoms with Gasteiger partial charge < -0.3 is 5.32 Å². The van der Waals surface area contributed by atoms with E-state index in [2.05, 4.69) is 10.3 Å². The van der Waals surface area contributed by atoms with Gasteiger partial charge in [-0.2, -0.15) is 13.2 Å². The lowest BCUT2D eigenvalue weighted by Crippen LogP contribution is -2.30. The predicted octanol–water partition coefficient (Wildman–Crippen LogP) is 2.73. The van der Waals surface area contributed by atoms with Crippen LogP contribution in [0.1, 0.15) is 33.9 Å². The van der Waals surface area contributed by atoms with Crippen LogP contribution in [0.4, 0.5) is 13.2 Å². The van der Waals surface area contributed by atoms with E-state index in [-0.39, 0.29) is 22.0 Å². The standard InChI is InChI=1S/C12H13F3N2OS/c13-12(14,15)10-17-6-8(19-10)9(18)7-5-11(7)1-3-16-4-2-11/h6-7,16H,1-5H2. The quantitative estimate of drug-likeness (QED) is 0.852. The SMILES string of the molecule is O=C(c1cnc(C(F)(F)F)s1)C1CC12CCNCC2. The van der Waals surface area contributed by atoms with Crippen LogP contribution in [0.25, 0.3) is 0 Å². The molecule has 104 valence electrons. The molecule has 2 fully saturated rings. The van der Waals surface area contributed by atoms with Crippen LogP contribution < -0.4 is 5.32 Å². The summed E-state index contributed by atoms with van der Waals surface area (Å²) in [4.78, 5) is 15.7. The van der Waals surface area contributed by atoms with Crippen molar-refractivity contribution in [1.82, 2.24) is 10.3 Å². The Labute approximate surface area is 112 Å². The van der Waals surface area contributed by atoms with Crippen LogP contribution in [0.3, 0.4) is 0 Å². The molecule has 0 bridgehead atoms. The van der Waals surface area contributed by atoms with E-state index in [0.29, 0.717) is 11.3 Å². The number of alkyl halides is 3. The number of thiazole rings is 1. The van der Waals surface area contributed by atoms with Crippen molar-refractivity contribution in [1.29, 1.82) is 0 Å². The van der Waals surface area contributed by atoms with Gasteiger partial charge >= 0.3 is 6.18 Å². The molecule has 1 saturated carbocycles. The third-order valence-corrected chi connectivity index (χ3v) is 5.15. The summed E-state index contributed by atoms with van der Waals surface area (Å²) in [6.07, 6.45) is -0.697. The van der Waals surface area contributed by atoms with Crippen molar-refractivity contribution in [3.8, 4) is 0 Å². The zero-order chi connectivity index (χ0) is 13.7. The van der Waals surface area contributed by atoms with Crippen molar-refractivity contribution in [2.45, 2.75) is 25.4 Å². The Hall–Kier alpha value is -0.950. The zero-order valence-corrected chi connectivity index (χ0v) is 10.9. The summed E-state index contributed by atoms with van der Waals surface area (Å²) >= 11 is 0.462. The maximum atomic E-state index is 12.5.